The Balaban J connectivity index is 1.96. The van der Waals surface area contributed by atoms with Crippen molar-refractivity contribution in [2.24, 2.45) is 5.41 Å². The van der Waals surface area contributed by atoms with Crippen LogP contribution in [0.2, 0.25) is 0 Å². The monoisotopic (exact) mass is 233 g/mol. The number of hydrogen-bond acceptors (Lipinski definition) is 3. The fourth-order valence-corrected chi connectivity index (χ4v) is 1.81. The highest BCUT2D eigenvalue weighted by Gasteiger charge is 2.46. The van der Waals surface area contributed by atoms with E-state index in [0.717, 1.165) is 5.56 Å². The van der Waals surface area contributed by atoms with Gasteiger partial charge >= 0.3 is 5.97 Å². The highest BCUT2D eigenvalue weighted by atomic mass is 16.5. The third kappa shape index (κ3) is 2.30. The minimum absolute atomic E-state index is 0.211. The zero-order valence-corrected chi connectivity index (χ0v) is 9.73. The average Bonchev–Trinajstić information content (AvgIpc) is 2.69. The second kappa shape index (κ2) is 4.57. The van der Waals surface area contributed by atoms with Gasteiger partial charge in [0.25, 0.3) is 0 Å². The first-order chi connectivity index (χ1) is 8.13. The number of esters is 1. The Labute approximate surface area is 100.0 Å². The Morgan fingerprint density at radius 2 is 2.12 bits per heavy atom. The predicted molar refractivity (Wildman–Crippen MR) is 62.0 cm³/mol. The van der Waals surface area contributed by atoms with Crippen molar-refractivity contribution in [3.8, 4) is 0 Å². The molecule has 0 aliphatic carbocycles. The Morgan fingerprint density at radius 3 is 2.71 bits per heavy atom. The van der Waals surface area contributed by atoms with Crippen molar-refractivity contribution in [3.05, 3.63) is 35.9 Å². The van der Waals surface area contributed by atoms with Gasteiger partial charge in [-0.1, -0.05) is 30.3 Å². The lowest BCUT2D eigenvalue weighted by atomic mass is 9.89. The molecule has 1 heterocycles. The molecule has 0 bridgehead atoms. The Bertz CT molecular complexity index is 430. The number of ether oxygens (including phenoxy) is 1. The molecule has 90 valence electrons. The van der Waals surface area contributed by atoms with Crippen molar-refractivity contribution in [2.45, 2.75) is 20.0 Å². The van der Waals surface area contributed by atoms with Crippen LogP contribution in [0.1, 0.15) is 18.9 Å². The minimum Gasteiger partial charge on any atom is -0.460 e. The summed E-state index contributed by atoms with van der Waals surface area (Å²) in [5.41, 5.74) is -0.0998. The summed E-state index contributed by atoms with van der Waals surface area (Å²) in [4.78, 5) is 23.4. The zero-order chi connectivity index (χ0) is 12.3. The van der Waals surface area contributed by atoms with Gasteiger partial charge in [0.1, 0.15) is 12.0 Å². The topological polar surface area (TPSA) is 55.4 Å². The van der Waals surface area contributed by atoms with Crippen LogP contribution in [-0.4, -0.2) is 18.4 Å². The molecule has 0 saturated carbocycles. The molecule has 1 aliphatic rings. The van der Waals surface area contributed by atoms with Crippen LogP contribution in [-0.2, 0) is 20.9 Å². The van der Waals surface area contributed by atoms with Crippen LogP contribution in [0.25, 0.3) is 0 Å². The average molecular weight is 233 g/mol. The fraction of sp³-hybridized carbons (Fsp3) is 0.385. The van der Waals surface area contributed by atoms with Gasteiger partial charge in [-0.25, -0.2) is 0 Å². The van der Waals surface area contributed by atoms with Gasteiger partial charge in [0.05, 0.1) is 0 Å². The third-order valence-electron chi connectivity index (χ3n) is 3.07. The molecule has 1 N–H and O–H groups in total. The number of carbonyl (C=O) groups excluding carboxylic acids is 2. The molecule has 1 atom stereocenters. The first-order valence-corrected chi connectivity index (χ1v) is 5.62. The van der Waals surface area contributed by atoms with E-state index in [2.05, 4.69) is 5.32 Å². The van der Waals surface area contributed by atoms with Gasteiger partial charge in [-0.2, -0.15) is 0 Å². The van der Waals surface area contributed by atoms with Gasteiger partial charge in [-0.3, -0.25) is 9.59 Å². The molecule has 2 rings (SSSR count). The standard InChI is InChI=1S/C13H15NO3/c1-13(7-8-14-11(13)15)12(16)17-9-10-5-3-2-4-6-10/h2-6H,7-9H2,1H3,(H,14,15). The maximum absolute atomic E-state index is 11.9. The Morgan fingerprint density at radius 1 is 1.41 bits per heavy atom. The quantitative estimate of drug-likeness (QED) is 0.631. The van der Waals surface area contributed by atoms with E-state index in [-0.39, 0.29) is 12.5 Å². The van der Waals surface area contributed by atoms with E-state index in [1.807, 2.05) is 30.3 Å². The van der Waals surface area contributed by atoms with Gasteiger partial charge in [-0.05, 0) is 18.9 Å². The van der Waals surface area contributed by atoms with Gasteiger partial charge in [0.2, 0.25) is 5.91 Å². The first-order valence-electron chi connectivity index (χ1n) is 5.62. The van der Waals surface area contributed by atoms with E-state index in [0.29, 0.717) is 13.0 Å². The molecule has 0 radical (unpaired) electrons. The normalized spacial score (nSPS) is 23.2. The number of benzene rings is 1. The molecule has 1 unspecified atom stereocenters. The maximum atomic E-state index is 11.9. The Hall–Kier alpha value is -1.84. The molecule has 1 saturated heterocycles. The van der Waals surface area contributed by atoms with E-state index in [4.69, 9.17) is 4.74 Å². The molecule has 1 fully saturated rings. The third-order valence-corrected chi connectivity index (χ3v) is 3.07. The summed E-state index contributed by atoms with van der Waals surface area (Å²) in [5.74, 6) is -0.688. The summed E-state index contributed by atoms with van der Waals surface area (Å²) in [6.07, 6.45) is 0.499. The number of hydrogen-bond donors (Lipinski definition) is 1. The molecule has 0 aromatic heterocycles. The van der Waals surface area contributed by atoms with Crippen molar-refractivity contribution >= 4 is 11.9 Å². The highest BCUT2D eigenvalue weighted by Crippen LogP contribution is 2.27. The second-order valence-electron chi connectivity index (χ2n) is 4.40. The van der Waals surface area contributed by atoms with Crippen molar-refractivity contribution in [1.29, 1.82) is 0 Å². The van der Waals surface area contributed by atoms with Gasteiger partial charge in [-0.15, -0.1) is 0 Å². The molecule has 0 spiro atoms. The lowest BCUT2D eigenvalue weighted by Crippen LogP contribution is -2.37. The molecular weight excluding hydrogens is 218 g/mol. The van der Waals surface area contributed by atoms with Crippen molar-refractivity contribution in [3.63, 3.8) is 0 Å². The predicted octanol–water partition coefficient (Wildman–Crippen LogP) is 1.26. The van der Waals surface area contributed by atoms with Crippen LogP contribution in [0.4, 0.5) is 0 Å². The van der Waals surface area contributed by atoms with Crippen LogP contribution in [0, 0.1) is 5.41 Å². The number of carbonyl (C=O) groups is 2. The van der Waals surface area contributed by atoms with Crippen LogP contribution < -0.4 is 5.32 Å². The largest absolute Gasteiger partial charge is 0.460 e. The summed E-state index contributed by atoms with van der Waals surface area (Å²) >= 11 is 0. The zero-order valence-electron chi connectivity index (χ0n) is 9.73. The molecule has 4 heteroatoms. The summed E-state index contributed by atoms with van der Waals surface area (Å²) < 4.78 is 5.19. The van der Waals surface area contributed by atoms with Gasteiger partial charge in [0.15, 0.2) is 0 Å². The second-order valence-corrected chi connectivity index (χ2v) is 4.40. The molecule has 1 aliphatic heterocycles. The smallest absolute Gasteiger partial charge is 0.321 e. The molecule has 17 heavy (non-hydrogen) atoms. The van der Waals surface area contributed by atoms with E-state index in [1.54, 1.807) is 6.92 Å². The molecule has 1 amide bonds. The summed E-state index contributed by atoms with van der Waals surface area (Å²) in [6, 6.07) is 9.42. The van der Waals surface area contributed by atoms with Crippen LogP contribution >= 0.6 is 0 Å². The van der Waals surface area contributed by atoms with Crippen molar-refractivity contribution in [1.82, 2.24) is 5.32 Å². The van der Waals surface area contributed by atoms with E-state index >= 15 is 0 Å². The highest BCUT2D eigenvalue weighted by molar-refractivity contribution is 6.03. The van der Waals surface area contributed by atoms with Crippen molar-refractivity contribution < 1.29 is 14.3 Å². The lowest BCUT2D eigenvalue weighted by molar-refractivity contribution is -0.159. The molecule has 4 nitrogen and oxygen atoms in total. The lowest BCUT2D eigenvalue weighted by Gasteiger charge is -2.18. The van der Waals surface area contributed by atoms with Gasteiger partial charge < -0.3 is 10.1 Å². The molecule has 1 aromatic rings. The summed E-state index contributed by atoms with van der Waals surface area (Å²) in [6.45, 7) is 2.38. The fourth-order valence-electron chi connectivity index (χ4n) is 1.81. The Kier molecular flexibility index (Phi) is 3.13. The minimum atomic E-state index is -1.02. The van der Waals surface area contributed by atoms with Crippen molar-refractivity contribution in [2.75, 3.05) is 6.54 Å². The number of nitrogens with one attached hydrogen (secondary N) is 1. The van der Waals surface area contributed by atoms with E-state index in [1.165, 1.54) is 0 Å². The van der Waals surface area contributed by atoms with E-state index in [9.17, 15) is 9.59 Å². The van der Waals surface area contributed by atoms with Crippen LogP contribution in [0.5, 0.6) is 0 Å². The van der Waals surface area contributed by atoms with Gasteiger partial charge in [0, 0.05) is 6.54 Å². The van der Waals surface area contributed by atoms with Crippen LogP contribution in [0.15, 0.2) is 30.3 Å². The first kappa shape index (κ1) is 11.6. The maximum Gasteiger partial charge on any atom is 0.321 e. The molecular formula is C13H15NO3. The molecule has 1 aromatic carbocycles. The number of amides is 1. The SMILES string of the molecule is CC1(C(=O)OCc2ccccc2)CCNC1=O. The summed E-state index contributed by atoms with van der Waals surface area (Å²) in [5, 5.41) is 2.65. The summed E-state index contributed by atoms with van der Waals surface area (Å²) in [7, 11) is 0. The number of rotatable bonds is 3. The van der Waals surface area contributed by atoms with Crippen LogP contribution in [0.3, 0.4) is 0 Å². The van der Waals surface area contributed by atoms with E-state index < -0.39 is 11.4 Å².